The van der Waals surface area contributed by atoms with Crippen LogP contribution in [0.5, 0.6) is 0 Å². The van der Waals surface area contributed by atoms with E-state index in [1.165, 1.54) is 4.52 Å². The third-order valence-electron chi connectivity index (χ3n) is 3.87. The minimum absolute atomic E-state index is 0.0995. The van der Waals surface area contributed by atoms with E-state index in [9.17, 15) is 4.79 Å². The van der Waals surface area contributed by atoms with Gasteiger partial charge in [-0.3, -0.25) is 4.79 Å². The molecule has 21 heavy (non-hydrogen) atoms. The number of likely N-dealkylation sites (tertiary alicyclic amines) is 1. The summed E-state index contributed by atoms with van der Waals surface area (Å²) in [4.78, 5) is 22.9. The molecule has 0 N–H and O–H groups in total. The number of carbonyl (C=O) groups excluding carboxylic acids is 1. The van der Waals surface area contributed by atoms with Gasteiger partial charge >= 0.3 is 0 Å². The summed E-state index contributed by atoms with van der Waals surface area (Å²) in [6.07, 6.45) is 5.59. The number of hydrogen-bond acceptors (Lipinski definition) is 4. The zero-order chi connectivity index (χ0) is 15.0. The Hall–Kier alpha value is -1.50. The van der Waals surface area contributed by atoms with Gasteiger partial charge in [-0.2, -0.15) is 4.98 Å². The topological polar surface area (TPSA) is 63.4 Å². The first kappa shape index (κ1) is 14.4. The molecule has 2 aromatic rings. The molecule has 1 aliphatic heterocycles. The summed E-state index contributed by atoms with van der Waals surface area (Å²) in [6, 6.07) is 0. The maximum Gasteiger partial charge on any atom is 0.293 e. The lowest BCUT2D eigenvalue weighted by Crippen LogP contribution is -2.34. The molecule has 1 amide bonds. The fourth-order valence-corrected chi connectivity index (χ4v) is 3.20. The van der Waals surface area contributed by atoms with Crippen molar-refractivity contribution in [3.05, 3.63) is 22.7 Å². The van der Waals surface area contributed by atoms with Crippen LogP contribution in [-0.4, -0.2) is 43.5 Å². The van der Waals surface area contributed by atoms with E-state index in [1.54, 1.807) is 12.4 Å². The van der Waals surface area contributed by atoms with Gasteiger partial charge in [-0.15, -0.1) is 5.10 Å². The molecule has 0 saturated carbocycles. The predicted molar refractivity (Wildman–Crippen MR) is 81.9 cm³/mol. The number of halogens is 1. The SMILES string of the molecule is CC1CCN(C(=O)c2nc3ncc(Br)cn3n2)CC(C)C1. The first-order valence-electron chi connectivity index (χ1n) is 7.20. The Kier molecular flexibility index (Phi) is 3.93. The average Bonchev–Trinajstić information content (AvgIpc) is 2.77. The van der Waals surface area contributed by atoms with Gasteiger partial charge < -0.3 is 4.90 Å². The highest BCUT2D eigenvalue weighted by atomic mass is 79.9. The second-order valence-corrected chi connectivity index (χ2v) is 6.85. The Bertz CT molecular complexity index is 670. The molecule has 7 heteroatoms. The number of aromatic nitrogens is 4. The fraction of sp³-hybridized carbons (Fsp3) is 0.571. The molecule has 0 aliphatic carbocycles. The van der Waals surface area contributed by atoms with Crippen molar-refractivity contribution in [3.8, 4) is 0 Å². The van der Waals surface area contributed by atoms with Gasteiger partial charge in [0, 0.05) is 25.5 Å². The van der Waals surface area contributed by atoms with Crippen LogP contribution in [-0.2, 0) is 0 Å². The van der Waals surface area contributed by atoms with Crippen molar-refractivity contribution in [2.75, 3.05) is 13.1 Å². The summed E-state index contributed by atoms with van der Waals surface area (Å²) in [6.45, 7) is 5.99. The second kappa shape index (κ2) is 5.71. The molecule has 112 valence electrons. The summed E-state index contributed by atoms with van der Waals surface area (Å²) < 4.78 is 2.33. The van der Waals surface area contributed by atoms with Crippen molar-refractivity contribution in [2.24, 2.45) is 11.8 Å². The number of hydrogen-bond donors (Lipinski definition) is 0. The van der Waals surface area contributed by atoms with E-state index in [2.05, 4.69) is 44.8 Å². The second-order valence-electron chi connectivity index (χ2n) is 5.94. The van der Waals surface area contributed by atoms with Crippen LogP contribution < -0.4 is 0 Å². The molecule has 0 radical (unpaired) electrons. The van der Waals surface area contributed by atoms with Gasteiger partial charge in [-0.25, -0.2) is 9.50 Å². The van der Waals surface area contributed by atoms with Crippen LogP contribution in [0.25, 0.3) is 5.78 Å². The van der Waals surface area contributed by atoms with E-state index in [-0.39, 0.29) is 11.7 Å². The standard InChI is InChI=1S/C14H18BrN5O/c1-9-3-4-19(7-10(2)5-9)13(21)12-17-14-16-6-11(15)8-20(14)18-12/h6,8-10H,3-5,7H2,1-2H3. The largest absolute Gasteiger partial charge is 0.336 e. The lowest BCUT2D eigenvalue weighted by molar-refractivity contribution is 0.0732. The highest BCUT2D eigenvalue weighted by Gasteiger charge is 2.26. The molecule has 0 spiro atoms. The van der Waals surface area contributed by atoms with Gasteiger partial charge in [0.05, 0.1) is 4.47 Å². The third kappa shape index (κ3) is 3.07. The molecular formula is C14H18BrN5O. The number of fused-ring (bicyclic) bond motifs is 1. The van der Waals surface area contributed by atoms with E-state index in [1.807, 2.05) is 4.90 Å². The molecule has 2 aromatic heterocycles. The Labute approximate surface area is 131 Å². The molecule has 3 rings (SSSR count). The first-order valence-corrected chi connectivity index (χ1v) is 7.99. The van der Waals surface area contributed by atoms with E-state index in [4.69, 9.17) is 0 Å². The van der Waals surface area contributed by atoms with E-state index < -0.39 is 0 Å². The summed E-state index contributed by atoms with van der Waals surface area (Å²) in [7, 11) is 0. The Morgan fingerprint density at radius 3 is 3.00 bits per heavy atom. The number of amides is 1. The Morgan fingerprint density at radius 1 is 1.38 bits per heavy atom. The van der Waals surface area contributed by atoms with Crippen molar-refractivity contribution >= 4 is 27.6 Å². The molecule has 1 fully saturated rings. The quantitative estimate of drug-likeness (QED) is 0.791. The third-order valence-corrected chi connectivity index (χ3v) is 4.28. The van der Waals surface area contributed by atoms with E-state index in [0.717, 1.165) is 30.4 Å². The lowest BCUT2D eigenvalue weighted by atomic mass is 9.97. The van der Waals surface area contributed by atoms with Gasteiger partial charge in [0.2, 0.25) is 5.82 Å². The van der Waals surface area contributed by atoms with Gasteiger partial charge in [0.15, 0.2) is 0 Å². The summed E-state index contributed by atoms with van der Waals surface area (Å²) >= 11 is 3.33. The molecule has 0 aromatic carbocycles. The normalized spacial score (nSPS) is 23.3. The summed E-state index contributed by atoms with van der Waals surface area (Å²) in [5, 5.41) is 4.25. The number of nitrogens with zero attached hydrogens (tertiary/aromatic N) is 5. The zero-order valence-corrected chi connectivity index (χ0v) is 13.7. The van der Waals surface area contributed by atoms with Crippen LogP contribution in [0.15, 0.2) is 16.9 Å². The maximum absolute atomic E-state index is 12.6. The van der Waals surface area contributed by atoms with Crippen molar-refractivity contribution in [1.82, 2.24) is 24.5 Å². The van der Waals surface area contributed by atoms with Crippen LogP contribution in [0.2, 0.25) is 0 Å². The summed E-state index contributed by atoms with van der Waals surface area (Å²) in [5.41, 5.74) is 0. The molecular weight excluding hydrogens is 334 g/mol. The number of rotatable bonds is 1. The van der Waals surface area contributed by atoms with E-state index >= 15 is 0 Å². The zero-order valence-electron chi connectivity index (χ0n) is 12.2. The molecule has 1 saturated heterocycles. The van der Waals surface area contributed by atoms with Crippen molar-refractivity contribution in [1.29, 1.82) is 0 Å². The minimum atomic E-state index is -0.0995. The highest BCUT2D eigenvalue weighted by molar-refractivity contribution is 9.10. The van der Waals surface area contributed by atoms with Crippen molar-refractivity contribution < 1.29 is 4.79 Å². The van der Waals surface area contributed by atoms with Crippen LogP contribution in [0, 0.1) is 11.8 Å². The van der Waals surface area contributed by atoms with Crippen LogP contribution in [0.1, 0.15) is 37.3 Å². The van der Waals surface area contributed by atoms with Crippen molar-refractivity contribution in [2.45, 2.75) is 26.7 Å². The van der Waals surface area contributed by atoms with Crippen molar-refractivity contribution in [3.63, 3.8) is 0 Å². The summed E-state index contributed by atoms with van der Waals surface area (Å²) in [5.74, 6) is 1.73. The average molecular weight is 352 g/mol. The van der Waals surface area contributed by atoms with Gasteiger partial charge in [0.1, 0.15) is 0 Å². The van der Waals surface area contributed by atoms with Gasteiger partial charge in [-0.1, -0.05) is 13.8 Å². The maximum atomic E-state index is 12.6. The van der Waals surface area contributed by atoms with E-state index in [0.29, 0.717) is 17.6 Å². The van der Waals surface area contributed by atoms with Crippen LogP contribution >= 0.6 is 15.9 Å². The van der Waals surface area contributed by atoms with Crippen LogP contribution in [0.3, 0.4) is 0 Å². The molecule has 0 bridgehead atoms. The molecule has 6 nitrogen and oxygen atoms in total. The molecule has 3 heterocycles. The predicted octanol–water partition coefficient (Wildman–Crippen LogP) is 2.40. The smallest absolute Gasteiger partial charge is 0.293 e. The fourth-order valence-electron chi connectivity index (χ4n) is 2.90. The number of carbonyl (C=O) groups is 1. The monoisotopic (exact) mass is 351 g/mol. The van der Waals surface area contributed by atoms with Gasteiger partial charge in [0.25, 0.3) is 11.7 Å². The Morgan fingerprint density at radius 2 is 2.19 bits per heavy atom. The lowest BCUT2D eigenvalue weighted by Gasteiger charge is -2.20. The first-order chi connectivity index (χ1) is 10.0. The molecule has 1 aliphatic rings. The molecule has 2 atom stereocenters. The molecule has 2 unspecified atom stereocenters. The minimum Gasteiger partial charge on any atom is -0.336 e. The Balaban J connectivity index is 1.85. The highest BCUT2D eigenvalue weighted by Crippen LogP contribution is 2.22. The van der Waals surface area contributed by atoms with Crippen LogP contribution in [0.4, 0.5) is 0 Å². The van der Waals surface area contributed by atoms with Gasteiger partial charge in [-0.05, 0) is 40.6 Å².